The molecule has 0 radical (unpaired) electrons. The maximum Gasteiger partial charge on any atom is 0.243 e. The first-order valence-electron chi connectivity index (χ1n) is 12.0. The molecule has 1 aromatic carbocycles. The normalized spacial score (nSPS) is 28.2. The SMILES string of the molecule is CN(C1CCC1)[C@H]1C[C@H]2C(=O)NC3(CCN(Cc4cccc(C#N)c4)CC3)CC(=O)N2C1. The maximum absolute atomic E-state index is 13.3. The van der Waals surface area contributed by atoms with E-state index in [1.165, 1.54) is 19.3 Å². The number of carbonyl (C=O) groups is 2. The Balaban J connectivity index is 1.21. The van der Waals surface area contributed by atoms with E-state index in [1.54, 1.807) is 0 Å². The number of hydrogen-bond donors (Lipinski definition) is 1. The molecule has 1 N–H and O–H groups in total. The number of piperidine rings is 1. The van der Waals surface area contributed by atoms with E-state index >= 15 is 0 Å². The highest BCUT2D eigenvalue weighted by atomic mass is 16.2. The number of likely N-dealkylation sites (N-methyl/N-ethyl adjacent to an activating group) is 1. The highest BCUT2D eigenvalue weighted by molar-refractivity contribution is 5.92. The Bertz CT molecular complexity index is 901. The monoisotopic (exact) mass is 435 g/mol. The number of nitrogens with zero attached hydrogens (tertiary/aromatic N) is 4. The molecule has 0 bridgehead atoms. The van der Waals surface area contributed by atoms with Gasteiger partial charge in [-0.2, -0.15) is 5.26 Å². The third kappa shape index (κ3) is 4.02. The molecule has 2 amide bonds. The molecule has 32 heavy (non-hydrogen) atoms. The van der Waals surface area contributed by atoms with E-state index in [-0.39, 0.29) is 17.9 Å². The summed E-state index contributed by atoms with van der Waals surface area (Å²) in [5.41, 5.74) is 1.39. The number of fused-ring (bicyclic) bond motifs is 1. The molecule has 4 aliphatic rings. The molecule has 3 aliphatic heterocycles. The molecule has 1 aliphatic carbocycles. The Labute approximate surface area is 190 Å². The van der Waals surface area contributed by atoms with Crippen LogP contribution in [0.15, 0.2) is 24.3 Å². The van der Waals surface area contributed by atoms with E-state index < -0.39 is 5.54 Å². The summed E-state index contributed by atoms with van der Waals surface area (Å²) in [7, 11) is 2.16. The lowest BCUT2D eigenvalue weighted by Crippen LogP contribution is -2.56. The molecule has 7 nitrogen and oxygen atoms in total. The first-order valence-corrected chi connectivity index (χ1v) is 12.0. The molecule has 3 saturated heterocycles. The van der Waals surface area contributed by atoms with Crippen LogP contribution >= 0.6 is 0 Å². The van der Waals surface area contributed by atoms with Crippen molar-refractivity contribution in [2.24, 2.45) is 0 Å². The quantitative estimate of drug-likeness (QED) is 0.781. The zero-order valence-electron chi connectivity index (χ0n) is 18.9. The summed E-state index contributed by atoms with van der Waals surface area (Å²) in [5.74, 6) is 0.170. The van der Waals surface area contributed by atoms with Gasteiger partial charge in [0, 0.05) is 38.3 Å². The van der Waals surface area contributed by atoms with Crippen LogP contribution in [-0.2, 0) is 16.1 Å². The van der Waals surface area contributed by atoms with Crippen molar-refractivity contribution in [3.05, 3.63) is 35.4 Å². The van der Waals surface area contributed by atoms with Crippen LogP contribution in [0.1, 0.15) is 56.1 Å². The van der Waals surface area contributed by atoms with E-state index in [0.29, 0.717) is 30.6 Å². The van der Waals surface area contributed by atoms with Crippen LogP contribution in [0.2, 0.25) is 0 Å². The number of likely N-dealkylation sites (tertiary alicyclic amines) is 1. The molecule has 2 atom stereocenters. The Morgan fingerprint density at radius 3 is 2.69 bits per heavy atom. The van der Waals surface area contributed by atoms with Gasteiger partial charge < -0.3 is 10.2 Å². The van der Waals surface area contributed by atoms with Crippen LogP contribution in [0.25, 0.3) is 0 Å². The fourth-order valence-electron chi connectivity index (χ4n) is 5.94. The molecule has 3 heterocycles. The minimum absolute atomic E-state index is 0.0375. The predicted molar refractivity (Wildman–Crippen MR) is 120 cm³/mol. The van der Waals surface area contributed by atoms with E-state index in [9.17, 15) is 9.59 Å². The second-order valence-corrected chi connectivity index (χ2v) is 10.2. The lowest BCUT2D eigenvalue weighted by atomic mass is 9.83. The first kappa shape index (κ1) is 21.4. The van der Waals surface area contributed by atoms with Crippen molar-refractivity contribution < 1.29 is 9.59 Å². The molecule has 7 heteroatoms. The van der Waals surface area contributed by atoms with Crippen LogP contribution in [0, 0.1) is 11.3 Å². The molecular weight excluding hydrogens is 402 g/mol. The van der Waals surface area contributed by atoms with E-state index in [1.807, 2.05) is 29.2 Å². The second-order valence-electron chi connectivity index (χ2n) is 10.2. The Kier molecular flexibility index (Phi) is 5.68. The Morgan fingerprint density at radius 1 is 1.22 bits per heavy atom. The summed E-state index contributed by atoms with van der Waals surface area (Å²) in [6, 6.07) is 10.5. The third-order valence-corrected chi connectivity index (χ3v) is 8.28. The number of hydrogen-bond acceptors (Lipinski definition) is 5. The average Bonchev–Trinajstić information content (AvgIpc) is 3.17. The van der Waals surface area contributed by atoms with Gasteiger partial charge in [0.25, 0.3) is 0 Å². The molecule has 170 valence electrons. The van der Waals surface area contributed by atoms with Crippen molar-refractivity contribution in [2.75, 3.05) is 26.7 Å². The molecule has 0 unspecified atom stereocenters. The van der Waals surface area contributed by atoms with Crippen LogP contribution in [0.5, 0.6) is 0 Å². The average molecular weight is 436 g/mol. The molecule has 1 spiro atoms. The lowest BCUT2D eigenvalue weighted by molar-refractivity contribution is -0.135. The fourth-order valence-corrected chi connectivity index (χ4v) is 5.94. The summed E-state index contributed by atoms with van der Waals surface area (Å²) in [6.45, 7) is 3.14. The van der Waals surface area contributed by atoms with Crippen LogP contribution in [-0.4, -0.2) is 76.9 Å². The van der Waals surface area contributed by atoms with Gasteiger partial charge in [0.2, 0.25) is 11.8 Å². The van der Waals surface area contributed by atoms with Crippen molar-refractivity contribution in [1.82, 2.24) is 20.0 Å². The first-order chi connectivity index (χ1) is 15.5. The standard InChI is InChI=1S/C25H33N5O2/c1-28(20-6-3-7-20)21-13-22-24(32)27-25(14-23(31)30(22)17-21)8-10-29(11-9-25)16-19-5-2-4-18(12-19)15-26/h2,4-5,12,20-22H,3,6-11,13-14,16-17H2,1H3,(H,27,32)/t21-,22-/m0/s1. The van der Waals surface area contributed by atoms with Crippen molar-refractivity contribution in [3.8, 4) is 6.07 Å². The van der Waals surface area contributed by atoms with Crippen molar-refractivity contribution >= 4 is 11.8 Å². The van der Waals surface area contributed by atoms with Gasteiger partial charge in [-0.15, -0.1) is 0 Å². The highest BCUT2D eigenvalue weighted by Gasteiger charge is 2.50. The molecule has 0 aromatic heterocycles. The molecular formula is C25H33N5O2. The number of nitriles is 1. The molecule has 1 saturated carbocycles. The Morgan fingerprint density at radius 2 is 2.00 bits per heavy atom. The molecule has 1 aromatic rings. The highest BCUT2D eigenvalue weighted by Crippen LogP contribution is 2.35. The number of amides is 2. The fraction of sp³-hybridized carbons (Fsp3) is 0.640. The van der Waals surface area contributed by atoms with Crippen LogP contribution in [0.4, 0.5) is 0 Å². The summed E-state index contributed by atoms with van der Waals surface area (Å²) in [6.07, 6.45) is 6.49. The minimum Gasteiger partial charge on any atom is -0.348 e. The van der Waals surface area contributed by atoms with Gasteiger partial charge in [-0.3, -0.25) is 19.4 Å². The summed E-state index contributed by atoms with van der Waals surface area (Å²) < 4.78 is 0. The van der Waals surface area contributed by atoms with Crippen molar-refractivity contribution in [2.45, 2.75) is 75.2 Å². The summed E-state index contributed by atoms with van der Waals surface area (Å²) in [5, 5.41) is 12.5. The largest absolute Gasteiger partial charge is 0.348 e. The number of rotatable bonds is 4. The predicted octanol–water partition coefficient (Wildman–Crippen LogP) is 1.87. The van der Waals surface area contributed by atoms with Gasteiger partial charge in [-0.25, -0.2) is 0 Å². The number of nitrogens with one attached hydrogen (secondary N) is 1. The molecule has 5 rings (SSSR count). The minimum atomic E-state index is -0.418. The summed E-state index contributed by atoms with van der Waals surface area (Å²) >= 11 is 0. The van der Waals surface area contributed by atoms with Gasteiger partial charge in [0.1, 0.15) is 6.04 Å². The Hall–Kier alpha value is -2.43. The van der Waals surface area contributed by atoms with Crippen LogP contribution < -0.4 is 5.32 Å². The van der Waals surface area contributed by atoms with Gasteiger partial charge in [0.15, 0.2) is 0 Å². The number of carbonyl (C=O) groups excluding carboxylic acids is 2. The van der Waals surface area contributed by atoms with Gasteiger partial charge >= 0.3 is 0 Å². The van der Waals surface area contributed by atoms with Gasteiger partial charge in [-0.1, -0.05) is 18.6 Å². The third-order valence-electron chi connectivity index (χ3n) is 8.28. The topological polar surface area (TPSA) is 79.7 Å². The van der Waals surface area contributed by atoms with Gasteiger partial charge in [0.05, 0.1) is 23.6 Å². The smallest absolute Gasteiger partial charge is 0.243 e. The van der Waals surface area contributed by atoms with Crippen molar-refractivity contribution in [3.63, 3.8) is 0 Å². The zero-order valence-corrected chi connectivity index (χ0v) is 18.9. The van der Waals surface area contributed by atoms with E-state index in [4.69, 9.17) is 5.26 Å². The van der Waals surface area contributed by atoms with Gasteiger partial charge in [-0.05, 0) is 56.8 Å². The summed E-state index contributed by atoms with van der Waals surface area (Å²) in [4.78, 5) is 33.1. The van der Waals surface area contributed by atoms with E-state index in [0.717, 1.165) is 44.5 Å². The second kappa shape index (κ2) is 8.49. The van der Waals surface area contributed by atoms with Crippen molar-refractivity contribution in [1.29, 1.82) is 5.26 Å². The number of benzene rings is 1. The van der Waals surface area contributed by atoms with E-state index in [2.05, 4.69) is 28.2 Å². The van der Waals surface area contributed by atoms with Crippen LogP contribution in [0.3, 0.4) is 0 Å². The maximum atomic E-state index is 13.3. The lowest BCUT2D eigenvalue weighted by Gasteiger charge is -2.41. The molecule has 4 fully saturated rings. The zero-order chi connectivity index (χ0) is 22.3.